The van der Waals surface area contributed by atoms with Gasteiger partial charge in [-0.2, -0.15) is 0 Å². The molecule has 196 valence electrons. The van der Waals surface area contributed by atoms with Gasteiger partial charge in [0.1, 0.15) is 23.3 Å². The van der Waals surface area contributed by atoms with Crippen LogP contribution in [-0.4, -0.2) is 59.0 Å². The standard InChI is InChI=1S/C25H39N3O7/c1-24(2,3)34-22(32)26-15-11-10-14-18(28-23(33)35-25(4,5)6)20(29)27-19(21(30)31)16-17-12-8-7-9-13-17/h7-9,12-13,18-19H,10-11,14-16H2,1-6H3,(H,26,32)(H,27,29)(H,28,33)(H,30,31)/t18-,19-/m0/s1. The third-order valence-electron chi connectivity index (χ3n) is 4.49. The average Bonchev–Trinajstić information content (AvgIpc) is 2.70. The van der Waals surface area contributed by atoms with Crippen LogP contribution in [0.4, 0.5) is 9.59 Å². The number of alkyl carbamates (subject to hydrolysis) is 2. The highest BCUT2D eigenvalue weighted by atomic mass is 16.6. The van der Waals surface area contributed by atoms with Crippen LogP contribution in [0.25, 0.3) is 0 Å². The van der Waals surface area contributed by atoms with E-state index in [1.807, 2.05) is 6.07 Å². The maximum absolute atomic E-state index is 12.9. The Kier molecular flexibility index (Phi) is 11.5. The zero-order valence-corrected chi connectivity index (χ0v) is 21.5. The van der Waals surface area contributed by atoms with Crippen LogP contribution in [0.3, 0.4) is 0 Å². The first-order valence-corrected chi connectivity index (χ1v) is 11.7. The third-order valence-corrected chi connectivity index (χ3v) is 4.49. The van der Waals surface area contributed by atoms with E-state index in [4.69, 9.17) is 9.47 Å². The van der Waals surface area contributed by atoms with E-state index in [1.54, 1.807) is 65.8 Å². The summed E-state index contributed by atoms with van der Waals surface area (Å²) >= 11 is 0. The van der Waals surface area contributed by atoms with Crippen LogP contribution in [0.5, 0.6) is 0 Å². The maximum Gasteiger partial charge on any atom is 0.408 e. The maximum atomic E-state index is 12.9. The highest BCUT2D eigenvalue weighted by Gasteiger charge is 2.28. The van der Waals surface area contributed by atoms with Crippen molar-refractivity contribution in [3.05, 3.63) is 35.9 Å². The molecule has 0 unspecified atom stereocenters. The molecule has 1 aromatic rings. The van der Waals surface area contributed by atoms with Crippen molar-refractivity contribution in [1.82, 2.24) is 16.0 Å². The molecule has 2 atom stereocenters. The predicted octanol–water partition coefficient (Wildman–Crippen LogP) is 3.39. The molecule has 0 fully saturated rings. The molecule has 0 spiro atoms. The van der Waals surface area contributed by atoms with Gasteiger partial charge in [0.25, 0.3) is 0 Å². The van der Waals surface area contributed by atoms with Crippen molar-refractivity contribution in [2.24, 2.45) is 0 Å². The fourth-order valence-electron chi connectivity index (χ4n) is 3.02. The second-order valence-electron chi connectivity index (χ2n) is 10.2. The summed E-state index contributed by atoms with van der Waals surface area (Å²) in [6.45, 7) is 10.7. The molecule has 3 amide bonds. The number of carboxylic acid groups (broad SMARTS) is 1. The molecule has 0 radical (unpaired) electrons. The largest absolute Gasteiger partial charge is 0.480 e. The molecule has 0 saturated carbocycles. The number of aliphatic carboxylic acids is 1. The number of ether oxygens (including phenoxy) is 2. The summed E-state index contributed by atoms with van der Waals surface area (Å²) in [5, 5.41) is 17.3. The summed E-state index contributed by atoms with van der Waals surface area (Å²) in [7, 11) is 0. The van der Waals surface area contributed by atoms with Crippen LogP contribution < -0.4 is 16.0 Å². The van der Waals surface area contributed by atoms with E-state index in [0.717, 1.165) is 5.56 Å². The van der Waals surface area contributed by atoms with E-state index in [9.17, 15) is 24.3 Å². The van der Waals surface area contributed by atoms with E-state index in [0.29, 0.717) is 19.4 Å². The van der Waals surface area contributed by atoms with Crippen LogP contribution in [0, 0.1) is 0 Å². The summed E-state index contributed by atoms with van der Waals surface area (Å²) in [4.78, 5) is 48.7. The molecular weight excluding hydrogens is 454 g/mol. The number of hydrogen-bond acceptors (Lipinski definition) is 6. The normalized spacial score (nSPS) is 13.2. The zero-order chi connectivity index (χ0) is 26.6. The highest BCUT2D eigenvalue weighted by molar-refractivity contribution is 5.89. The molecule has 1 rings (SSSR count). The first-order valence-electron chi connectivity index (χ1n) is 11.7. The predicted molar refractivity (Wildman–Crippen MR) is 131 cm³/mol. The number of carbonyl (C=O) groups excluding carboxylic acids is 3. The molecule has 0 aromatic heterocycles. The third kappa shape index (κ3) is 13.9. The molecule has 0 heterocycles. The van der Waals surface area contributed by atoms with Crippen LogP contribution in [0.15, 0.2) is 30.3 Å². The molecule has 0 aliphatic carbocycles. The van der Waals surface area contributed by atoms with E-state index < -0.39 is 47.3 Å². The second kappa shape index (κ2) is 13.6. The summed E-state index contributed by atoms with van der Waals surface area (Å²) < 4.78 is 10.4. The van der Waals surface area contributed by atoms with Crippen LogP contribution in [0.2, 0.25) is 0 Å². The molecule has 0 bridgehead atoms. The number of nitrogens with one attached hydrogen (secondary N) is 3. The molecular formula is C25H39N3O7. The van der Waals surface area contributed by atoms with Gasteiger partial charge in [-0.05, 0) is 66.4 Å². The second-order valence-corrected chi connectivity index (χ2v) is 10.2. The lowest BCUT2D eigenvalue weighted by Crippen LogP contribution is -2.52. The molecule has 4 N–H and O–H groups in total. The number of hydrogen-bond donors (Lipinski definition) is 4. The Morgan fingerprint density at radius 3 is 1.94 bits per heavy atom. The molecule has 0 aliphatic heterocycles. The van der Waals surface area contributed by atoms with E-state index in [2.05, 4.69) is 16.0 Å². The molecule has 0 aliphatic rings. The van der Waals surface area contributed by atoms with Crippen LogP contribution >= 0.6 is 0 Å². The van der Waals surface area contributed by atoms with E-state index in [1.165, 1.54) is 0 Å². The number of amides is 3. The summed E-state index contributed by atoms with van der Waals surface area (Å²) in [5.74, 6) is -1.81. The van der Waals surface area contributed by atoms with Crippen molar-refractivity contribution < 1.29 is 33.8 Å². The lowest BCUT2D eigenvalue weighted by atomic mass is 10.0. The summed E-state index contributed by atoms with van der Waals surface area (Å²) in [6, 6.07) is 6.76. The van der Waals surface area contributed by atoms with Gasteiger partial charge < -0.3 is 30.5 Å². The SMILES string of the molecule is CC(C)(C)OC(=O)NCCCC[C@H](NC(=O)OC(C)(C)C)C(=O)N[C@@H](Cc1ccccc1)C(=O)O. The molecule has 0 saturated heterocycles. The monoisotopic (exact) mass is 493 g/mol. The minimum Gasteiger partial charge on any atom is -0.480 e. The Morgan fingerprint density at radius 2 is 1.40 bits per heavy atom. The Morgan fingerprint density at radius 1 is 0.829 bits per heavy atom. The molecule has 10 nitrogen and oxygen atoms in total. The van der Waals surface area contributed by atoms with E-state index in [-0.39, 0.29) is 12.8 Å². The van der Waals surface area contributed by atoms with Gasteiger partial charge in [-0.15, -0.1) is 0 Å². The van der Waals surface area contributed by atoms with Crippen molar-refractivity contribution in [1.29, 1.82) is 0 Å². The first kappa shape index (κ1) is 29.7. The Balaban J connectivity index is 2.74. The van der Waals surface area contributed by atoms with Gasteiger partial charge >= 0.3 is 18.2 Å². The van der Waals surface area contributed by atoms with Crippen molar-refractivity contribution in [3.8, 4) is 0 Å². The average molecular weight is 494 g/mol. The van der Waals surface area contributed by atoms with Gasteiger partial charge in [0.15, 0.2) is 0 Å². The lowest BCUT2D eigenvalue weighted by Gasteiger charge is -2.24. The Hall–Kier alpha value is -3.30. The zero-order valence-electron chi connectivity index (χ0n) is 21.5. The van der Waals surface area contributed by atoms with Gasteiger partial charge in [-0.1, -0.05) is 30.3 Å². The van der Waals surface area contributed by atoms with Gasteiger partial charge in [0.2, 0.25) is 5.91 Å². The summed E-state index contributed by atoms with van der Waals surface area (Å²) in [6.07, 6.45) is -0.00570. The molecule has 10 heteroatoms. The van der Waals surface area contributed by atoms with Gasteiger partial charge in [0.05, 0.1) is 0 Å². The quantitative estimate of drug-likeness (QED) is 0.346. The Labute approximate surface area is 207 Å². The molecule has 35 heavy (non-hydrogen) atoms. The fourth-order valence-corrected chi connectivity index (χ4v) is 3.02. The topological polar surface area (TPSA) is 143 Å². The van der Waals surface area contributed by atoms with Crippen LogP contribution in [-0.2, 0) is 25.5 Å². The number of unbranched alkanes of at least 4 members (excludes halogenated alkanes) is 1. The number of benzene rings is 1. The van der Waals surface area contributed by atoms with Crippen LogP contribution in [0.1, 0.15) is 66.4 Å². The van der Waals surface area contributed by atoms with E-state index >= 15 is 0 Å². The first-order chi connectivity index (χ1) is 16.2. The highest BCUT2D eigenvalue weighted by Crippen LogP contribution is 2.10. The lowest BCUT2D eigenvalue weighted by molar-refractivity contribution is -0.142. The van der Waals surface area contributed by atoms with Gasteiger partial charge in [-0.3, -0.25) is 4.79 Å². The van der Waals surface area contributed by atoms with Gasteiger partial charge in [0, 0.05) is 13.0 Å². The molecule has 1 aromatic carbocycles. The summed E-state index contributed by atoms with van der Waals surface area (Å²) in [5.41, 5.74) is -0.616. The minimum atomic E-state index is -1.18. The van der Waals surface area contributed by atoms with Crippen molar-refractivity contribution in [3.63, 3.8) is 0 Å². The fraction of sp³-hybridized carbons (Fsp3) is 0.600. The number of rotatable bonds is 11. The Bertz CT molecular complexity index is 845. The van der Waals surface area contributed by atoms with Crippen molar-refractivity contribution in [2.45, 2.75) is 90.5 Å². The van der Waals surface area contributed by atoms with Crippen molar-refractivity contribution >= 4 is 24.1 Å². The smallest absolute Gasteiger partial charge is 0.408 e. The van der Waals surface area contributed by atoms with Gasteiger partial charge in [-0.25, -0.2) is 14.4 Å². The number of carbonyl (C=O) groups is 4. The van der Waals surface area contributed by atoms with Crippen molar-refractivity contribution in [2.75, 3.05) is 6.54 Å². The minimum absolute atomic E-state index is 0.0981. The number of carboxylic acids is 1.